The summed E-state index contributed by atoms with van der Waals surface area (Å²) >= 11 is 0. The number of hydrogen-bond donors (Lipinski definition) is 0. The van der Waals surface area contributed by atoms with E-state index in [1.54, 1.807) is 0 Å². The van der Waals surface area contributed by atoms with E-state index in [4.69, 9.17) is 4.42 Å². The average Bonchev–Trinajstić information content (AvgIpc) is 3.38. The summed E-state index contributed by atoms with van der Waals surface area (Å²) in [7, 11) is 0. The molecule has 0 saturated carbocycles. The van der Waals surface area contributed by atoms with Crippen LogP contribution in [-0.2, 0) is 6.54 Å². The van der Waals surface area contributed by atoms with Crippen LogP contribution >= 0.6 is 0 Å². The molecule has 5 nitrogen and oxygen atoms in total. The van der Waals surface area contributed by atoms with Crippen molar-refractivity contribution in [2.75, 3.05) is 32.7 Å². The van der Waals surface area contributed by atoms with Gasteiger partial charge in [0, 0.05) is 18.6 Å². The van der Waals surface area contributed by atoms with Crippen molar-refractivity contribution in [2.45, 2.75) is 65.1 Å². The highest BCUT2D eigenvalue weighted by atomic mass is 16.4. The summed E-state index contributed by atoms with van der Waals surface area (Å²) in [5, 5.41) is 0. The molecule has 2 aliphatic heterocycles. The van der Waals surface area contributed by atoms with Gasteiger partial charge in [-0.1, -0.05) is 20.8 Å². The Morgan fingerprint density at radius 2 is 1.84 bits per heavy atom. The predicted molar refractivity (Wildman–Crippen MR) is 99.7 cm³/mol. The van der Waals surface area contributed by atoms with Crippen molar-refractivity contribution >= 4 is 5.91 Å². The van der Waals surface area contributed by atoms with Crippen LogP contribution in [0, 0.1) is 0 Å². The number of amides is 1. The number of carbonyl (C=O) groups excluding carboxylic acids is 1. The van der Waals surface area contributed by atoms with Gasteiger partial charge in [0.2, 0.25) is 0 Å². The Kier molecular flexibility index (Phi) is 6.18. The van der Waals surface area contributed by atoms with Gasteiger partial charge < -0.3 is 9.32 Å². The second kappa shape index (κ2) is 8.37. The van der Waals surface area contributed by atoms with E-state index in [0.29, 0.717) is 17.8 Å². The minimum Gasteiger partial charge on any atom is -0.455 e. The highest BCUT2D eigenvalue weighted by Gasteiger charge is 2.40. The van der Waals surface area contributed by atoms with Crippen LogP contribution < -0.4 is 0 Å². The van der Waals surface area contributed by atoms with Gasteiger partial charge in [-0.05, 0) is 64.0 Å². The zero-order valence-electron chi connectivity index (χ0n) is 16.0. The second-order valence-electron chi connectivity index (χ2n) is 7.27. The first-order valence-corrected chi connectivity index (χ1v) is 10.0. The van der Waals surface area contributed by atoms with Gasteiger partial charge in [0.15, 0.2) is 5.76 Å². The maximum absolute atomic E-state index is 13.0. The Labute approximate surface area is 151 Å². The smallest absolute Gasteiger partial charge is 0.289 e. The maximum Gasteiger partial charge on any atom is 0.289 e. The van der Waals surface area contributed by atoms with Crippen LogP contribution in [0.4, 0.5) is 0 Å². The molecule has 3 heterocycles. The van der Waals surface area contributed by atoms with E-state index in [2.05, 4.69) is 35.5 Å². The van der Waals surface area contributed by atoms with Crippen molar-refractivity contribution in [3.05, 3.63) is 23.7 Å². The molecule has 2 fully saturated rings. The van der Waals surface area contributed by atoms with Crippen molar-refractivity contribution in [3.8, 4) is 0 Å². The van der Waals surface area contributed by atoms with Gasteiger partial charge in [-0.25, -0.2) is 0 Å². The Bertz CT molecular complexity index is 567. The fourth-order valence-corrected chi connectivity index (χ4v) is 4.51. The minimum absolute atomic E-state index is 0.0799. The molecule has 3 rings (SSSR count). The summed E-state index contributed by atoms with van der Waals surface area (Å²) in [6.45, 7) is 12.4. The van der Waals surface area contributed by atoms with E-state index in [0.717, 1.165) is 51.3 Å². The van der Waals surface area contributed by atoms with Gasteiger partial charge in [0.25, 0.3) is 5.91 Å². The summed E-state index contributed by atoms with van der Waals surface area (Å²) < 4.78 is 5.91. The third-order valence-electron chi connectivity index (χ3n) is 5.97. The molecule has 0 unspecified atom stereocenters. The van der Waals surface area contributed by atoms with Crippen LogP contribution in [0.2, 0.25) is 0 Å². The largest absolute Gasteiger partial charge is 0.455 e. The predicted octanol–water partition coefficient (Wildman–Crippen LogP) is 3.21. The number of likely N-dealkylation sites (N-methyl/N-ethyl adjacent to an activating group) is 1. The summed E-state index contributed by atoms with van der Waals surface area (Å²) in [6, 6.07) is 4.71. The summed E-state index contributed by atoms with van der Waals surface area (Å²) in [6.07, 6.45) is 4.71. The SMILES string of the molecule is CCN(CC)Cc1ccc(C(=O)N2CCC[C@@H]2[C@@H]2CCCN2CC)o1. The van der Waals surface area contributed by atoms with E-state index in [-0.39, 0.29) is 5.91 Å². The molecule has 2 saturated heterocycles. The Balaban J connectivity index is 1.68. The molecule has 0 aliphatic carbocycles. The number of rotatable bonds is 7. The first-order chi connectivity index (χ1) is 12.2. The summed E-state index contributed by atoms with van der Waals surface area (Å²) in [5.41, 5.74) is 0. The highest BCUT2D eigenvalue weighted by Crippen LogP contribution is 2.31. The Morgan fingerprint density at radius 3 is 2.56 bits per heavy atom. The molecule has 1 aromatic rings. The van der Waals surface area contributed by atoms with Gasteiger partial charge in [-0.15, -0.1) is 0 Å². The van der Waals surface area contributed by atoms with Gasteiger partial charge >= 0.3 is 0 Å². The topological polar surface area (TPSA) is 39.9 Å². The van der Waals surface area contributed by atoms with Gasteiger partial charge in [-0.2, -0.15) is 0 Å². The van der Waals surface area contributed by atoms with Crippen LogP contribution in [-0.4, -0.2) is 65.4 Å². The lowest BCUT2D eigenvalue weighted by Crippen LogP contribution is -2.48. The molecule has 25 heavy (non-hydrogen) atoms. The van der Waals surface area contributed by atoms with Crippen LogP contribution in [0.25, 0.3) is 0 Å². The summed E-state index contributed by atoms with van der Waals surface area (Å²) in [4.78, 5) is 20.0. The molecule has 1 amide bonds. The fourth-order valence-electron chi connectivity index (χ4n) is 4.51. The Morgan fingerprint density at radius 1 is 1.12 bits per heavy atom. The second-order valence-corrected chi connectivity index (χ2v) is 7.27. The van der Waals surface area contributed by atoms with Crippen molar-refractivity contribution in [1.82, 2.24) is 14.7 Å². The zero-order chi connectivity index (χ0) is 17.8. The van der Waals surface area contributed by atoms with E-state index < -0.39 is 0 Å². The first-order valence-electron chi connectivity index (χ1n) is 10.0. The minimum atomic E-state index is 0.0799. The number of likely N-dealkylation sites (tertiary alicyclic amines) is 2. The standard InChI is InChI=1S/C20H33N3O2/c1-4-21(5-2)15-16-11-12-19(25-16)20(24)23-14-8-10-18(23)17-9-7-13-22(17)6-3/h11-12,17-18H,4-10,13-15H2,1-3H3/t17-,18+/m0/s1. The van der Waals surface area contributed by atoms with Crippen molar-refractivity contribution in [3.63, 3.8) is 0 Å². The quantitative estimate of drug-likeness (QED) is 0.759. The van der Waals surface area contributed by atoms with Crippen LogP contribution in [0.1, 0.15) is 62.8 Å². The van der Waals surface area contributed by atoms with E-state index in [1.807, 2.05) is 12.1 Å². The number of furan rings is 1. The third kappa shape index (κ3) is 3.93. The lowest BCUT2D eigenvalue weighted by Gasteiger charge is -2.34. The molecule has 2 aliphatic rings. The normalized spacial score (nSPS) is 24.6. The molecule has 140 valence electrons. The van der Waals surface area contributed by atoms with E-state index in [9.17, 15) is 4.79 Å². The Hall–Kier alpha value is -1.33. The van der Waals surface area contributed by atoms with Crippen molar-refractivity contribution in [2.24, 2.45) is 0 Å². The number of hydrogen-bond acceptors (Lipinski definition) is 4. The van der Waals surface area contributed by atoms with Crippen LogP contribution in [0.5, 0.6) is 0 Å². The lowest BCUT2D eigenvalue weighted by atomic mass is 10.0. The fraction of sp³-hybridized carbons (Fsp3) is 0.750. The van der Waals surface area contributed by atoms with Crippen LogP contribution in [0.15, 0.2) is 16.5 Å². The van der Waals surface area contributed by atoms with Gasteiger partial charge in [-0.3, -0.25) is 14.6 Å². The molecule has 2 atom stereocenters. The first kappa shape index (κ1) is 18.5. The molecule has 5 heteroatoms. The molecule has 0 spiro atoms. The third-order valence-corrected chi connectivity index (χ3v) is 5.97. The molecular formula is C20H33N3O2. The number of nitrogens with zero attached hydrogens (tertiary/aromatic N) is 3. The van der Waals surface area contributed by atoms with Gasteiger partial charge in [0.1, 0.15) is 5.76 Å². The molecule has 0 aromatic carbocycles. The van der Waals surface area contributed by atoms with E-state index >= 15 is 0 Å². The molecular weight excluding hydrogens is 314 g/mol. The van der Waals surface area contributed by atoms with Crippen molar-refractivity contribution < 1.29 is 9.21 Å². The van der Waals surface area contributed by atoms with Crippen molar-refractivity contribution in [1.29, 1.82) is 0 Å². The molecule has 0 radical (unpaired) electrons. The highest BCUT2D eigenvalue weighted by molar-refractivity contribution is 5.92. The lowest BCUT2D eigenvalue weighted by molar-refractivity contribution is 0.0615. The van der Waals surface area contributed by atoms with Crippen LogP contribution in [0.3, 0.4) is 0 Å². The summed E-state index contributed by atoms with van der Waals surface area (Å²) in [5.74, 6) is 1.48. The zero-order valence-corrected chi connectivity index (χ0v) is 16.0. The molecule has 0 bridgehead atoms. The molecule has 0 N–H and O–H groups in total. The molecule has 1 aromatic heterocycles. The average molecular weight is 348 g/mol. The maximum atomic E-state index is 13.0. The monoisotopic (exact) mass is 347 g/mol. The van der Waals surface area contributed by atoms with E-state index in [1.165, 1.54) is 19.4 Å². The van der Waals surface area contributed by atoms with Gasteiger partial charge in [0.05, 0.1) is 6.54 Å². The number of carbonyl (C=O) groups is 1.